The van der Waals surface area contributed by atoms with Gasteiger partial charge < -0.3 is 24.8 Å². The molecule has 368 valence electrons. The van der Waals surface area contributed by atoms with Crippen LogP contribution in [0.4, 0.5) is 26.2 Å². The number of nitriles is 1. The molecular formula is C52H61ClF2N12O3. The van der Waals surface area contributed by atoms with Crippen LogP contribution in [0.2, 0.25) is 5.02 Å². The third-order valence-corrected chi connectivity index (χ3v) is 16.1. The van der Waals surface area contributed by atoms with Gasteiger partial charge in [0.1, 0.15) is 17.9 Å². The van der Waals surface area contributed by atoms with Crippen molar-refractivity contribution in [1.29, 1.82) is 5.26 Å². The summed E-state index contributed by atoms with van der Waals surface area (Å²) >= 11 is 6.27. The molecule has 1 aliphatic carbocycles. The lowest BCUT2D eigenvalue weighted by molar-refractivity contribution is -0.164. The number of amides is 2. The SMILES string of the molecule is CC(=O)N1CCc2c(c(N3CCCc4cc(-c5cnn(C)c5)c(C(F)F)cc43)nn2C2CN(CCC3CCN(c4ncc(C(=O)NC5C(C)(C)C(Oc6ccc(C#N)c(Cl)c6)C5(C)C)cn4)CC3)C2)C1. The topological polar surface area (TPSA) is 154 Å². The maximum Gasteiger partial charge on any atom is 0.264 e. The number of likely N-dealkylation sites (tertiary alicyclic amines) is 1. The van der Waals surface area contributed by atoms with E-state index in [9.17, 15) is 23.6 Å². The Morgan fingerprint density at radius 2 is 1.74 bits per heavy atom. The lowest BCUT2D eigenvalue weighted by Gasteiger charge is -2.63. The Morgan fingerprint density at radius 1 is 1.00 bits per heavy atom. The summed E-state index contributed by atoms with van der Waals surface area (Å²) in [6.45, 7) is 16.1. The predicted octanol–water partition coefficient (Wildman–Crippen LogP) is 8.30. The zero-order chi connectivity index (χ0) is 49.2. The van der Waals surface area contributed by atoms with Crippen molar-refractivity contribution in [2.75, 3.05) is 55.6 Å². The van der Waals surface area contributed by atoms with Gasteiger partial charge in [0, 0.05) is 129 Å². The van der Waals surface area contributed by atoms with Crippen molar-refractivity contribution in [1.82, 2.24) is 44.6 Å². The molecule has 1 saturated carbocycles. The van der Waals surface area contributed by atoms with E-state index >= 15 is 0 Å². The maximum absolute atomic E-state index is 14.7. The van der Waals surface area contributed by atoms with Crippen molar-refractivity contribution in [3.63, 3.8) is 0 Å². The van der Waals surface area contributed by atoms with Gasteiger partial charge in [0.05, 0.1) is 34.9 Å². The highest BCUT2D eigenvalue weighted by Gasteiger charge is 2.64. The summed E-state index contributed by atoms with van der Waals surface area (Å²) in [6.07, 6.45) is 9.26. The Bertz CT molecular complexity index is 2830. The lowest BCUT2D eigenvalue weighted by atomic mass is 9.49. The second-order valence-electron chi connectivity index (χ2n) is 21.1. The first-order valence-electron chi connectivity index (χ1n) is 24.5. The van der Waals surface area contributed by atoms with Gasteiger partial charge >= 0.3 is 0 Å². The number of benzene rings is 2. The van der Waals surface area contributed by atoms with Gasteiger partial charge in [-0.25, -0.2) is 18.7 Å². The molecule has 0 atom stereocenters. The summed E-state index contributed by atoms with van der Waals surface area (Å²) in [6, 6.07) is 10.7. The number of aromatic nitrogens is 6. The van der Waals surface area contributed by atoms with Crippen LogP contribution in [0.25, 0.3) is 11.1 Å². The first-order chi connectivity index (χ1) is 33.5. The zero-order valence-electron chi connectivity index (χ0n) is 40.8. The minimum atomic E-state index is -2.66. The van der Waals surface area contributed by atoms with Crippen LogP contribution < -0.4 is 19.9 Å². The second-order valence-corrected chi connectivity index (χ2v) is 21.5. The summed E-state index contributed by atoms with van der Waals surface area (Å²) in [7, 11) is 1.79. The molecule has 3 aromatic heterocycles. The molecule has 10 rings (SSSR count). The van der Waals surface area contributed by atoms with Gasteiger partial charge in [-0.3, -0.25) is 23.9 Å². The molecule has 2 aromatic carbocycles. The number of nitrogens with one attached hydrogen (secondary N) is 1. The van der Waals surface area contributed by atoms with E-state index in [1.807, 2.05) is 11.0 Å². The maximum atomic E-state index is 14.7. The van der Waals surface area contributed by atoms with E-state index in [0.29, 0.717) is 70.9 Å². The summed E-state index contributed by atoms with van der Waals surface area (Å²) in [5, 5.41) is 22.4. The average Bonchev–Trinajstić information content (AvgIpc) is 3.94. The number of hydrogen-bond acceptors (Lipinski definition) is 11. The molecule has 5 aromatic rings. The highest BCUT2D eigenvalue weighted by Crippen LogP contribution is 2.56. The number of carbonyl (C=O) groups is 2. The number of ether oxygens (including phenoxy) is 1. The number of halogens is 3. The number of anilines is 3. The Labute approximate surface area is 412 Å². The van der Waals surface area contributed by atoms with Gasteiger partial charge in [0.25, 0.3) is 12.3 Å². The Morgan fingerprint density at radius 3 is 2.40 bits per heavy atom. The molecular weight excluding hydrogens is 914 g/mol. The van der Waals surface area contributed by atoms with E-state index in [2.05, 4.69) is 73.5 Å². The van der Waals surface area contributed by atoms with E-state index in [0.717, 1.165) is 93.2 Å². The number of alkyl halides is 2. The summed E-state index contributed by atoms with van der Waals surface area (Å²) < 4.78 is 39.7. The molecule has 5 aliphatic rings. The average molecular weight is 976 g/mol. The van der Waals surface area contributed by atoms with Crippen LogP contribution in [-0.4, -0.2) is 109 Å². The number of carbonyl (C=O) groups excluding carboxylic acids is 2. The number of hydrogen-bond donors (Lipinski definition) is 1. The van der Waals surface area contributed by atoms with Gasteiger partial charge in [-0.1, -0.05) is 39.3 Å². The first-order valence-corrected chi connectivity index (χ1v) is 24.9. The van der Waals surface area contributed by atoms with Crippen molar-refractivity contribution in [3.8, 4) is 22.9 Å². The fourth-order valence-electron chi connectivity index (χ4n) is 12.2. The van der Waals surface area contributed by atoms with Crippen LogP contribution in [0.3, 0.4) is 0 Å². The molecule has 18 heteroatoms. The van der Waals surface area contributed by atoms with E-state index < -0.39 is 17.3 Å². The molecule has 0 radical (unpaired) electrons. The zero-order valence-corrected chi connectivity index (χ0v) is 41.5. The van der Waals surface area contributed by atoms with Crippen molar-refractivity contribution < 1.29 is 23.1 Å². The summed E-state index contributed by atoms with van der Waals surface area (Å²) in [4.78, 5) is 44.1. The highest BCUT2D eigenvalue weighted by atomic mass is 35.5. The van der Waals surface area contributed by atoms with Crippen LogP contribution in [0.1, 0.15) is 111 Å². The molecule has 4 aliphatic heterocycles. The number of piperidine rings is 1. The standard InChI is InChI=1S/C52H61ClF2N12O3/c1-31(68)65-19-14-43-41(30-65)46(66-15-7-8-33-20-39(36-26-59-62(6)27-36)40(45(54)55)22-44(33)66)61-67(43)37-28-63(29-37)16-11-32-12-17-64(18-13-32)50-57-24-35(25-58-50)47(69)60-48-51(2,3)49(52(48,4)5)70-38-10-9-34(23-56)42(53)21-38/h9-10,20-22,24-27,32,37,45,48-49H,7-8,11-19,28-30H2,1-6H3,(H,60,69). The van der Waals surface area contributed by atoms with Crippen LogP contribution >= 0.6 is 11.6 Å². The van der Waals surface area contributed by atoms with E-state index in [1.165, 1.54) is 0 Å². The van der Waals surface area contributed by atoms with Gasteiger partial charge in [0.15, 0.2) is 5.82 Å². The number of nitrogens with zero attached hydrogens (tertiary/aromatic N) is 11. The van der Waals surface area contributed by atoms with Gasteiger partial charge in [0.2, 0.25) is 11.9 Å². The molecule has 0 unspecified atom stereocenters. The predicted molar refractivity (Wildman–Crippen MR) is 262 cm³/mol. The van der Waals surface area contributed by atoms with E-state index in [-0.39, 0.29) is 35.6 Å². The van der Waals surface area contributed by atoms with Crippen LogP contribution in [0, 0.1) is 28.1 Å². The molecule has 0 spiro atoms. The largest absolute Gasteiger partial charge is 0.489 e. The second kappa shape index (κ2) is 18.6. The fraction of sp³-hybridized carbons (Fsp3) is 0.519. The third-order valence-electron chi connectivity index (χ3n) is 15.8. The fourth-order valence-corrected chi connectivity index (χ4v) is 12.4. The van der Waals surface area contributed by atoms with Gasteiger partial charge in [-0.05, 0) is 80.0 Å². The van der Waals surface area contributed by atoms with Crippen LogP contribution in [0.15, 0.2) is 55.1 Å². The number of fused-ring (bicyclic) bond motifs is 2. The monoisotopic (exact) mass is 974 g/mol. The van der Waals surface area contributed by atoms with Crippen LogP contribution in [-0.2, 0) is 31.2 Å². The molecule has 0 bridgehead atoms. The summed E-state index contributed by atoms with van der Waals surface area (Å²) in [5.41, 5.74) is 5.11. The first kappa shape index (κ1) is 47.6. The third kappa shape index (κ3) is 8.75. The van der Waals surface area contributed by atoms with Crippen molar-refractivity contribution in [2.24, 2.45) is 23.8 Å². The van der Waals surface area contributed by atoms with Gasteiger partial charge in [-0.15, -0.1) is 0 Å². The smallest absolute Gasteiger partial charge is 0.264 e. The Kier molecular flexibility index (Phi) is 12.6. The molecule has 2 amide bonds. The lowest BCUT2D eigenvalue weighted by Crippen LogP contribution is -2.74. The van der Waals surface area contributed by atoms with Crippen LogP contribution in [0.5, 0.6) is 5.75 Å². The minimum Gasteiger partial charge on any atom is -0.489 e. The normalized spacial score (nSPS) is 21.1. The van der Waals surface area contributed by atoms with E-state index in [4.69, 9.17) is 21.4 Å². The summed E-state index contributed by atoms with van der Waals surface area (Å²) in [5.74, 6) is 2.35. The Balaban J connectivity index is 0.732. The Hall–Kier alpha value is -6.12. The van der Waals surface area contributed by atoms with Crippen molar-refractivity contribution in [2.45, 2.75) is 104 Å². The molecule has 7 heterocycles. The van der Waals surface area contributed by atoms with Gasteiger partial charge in [-0.2, -0.15) is 15.5 Å². The highest BCUT2D eigenvalue weighted by molar-refractivity contribution is 6.31. The molecule has 3 fully saturated rings. The van der Waals surface area contributed by atoms with Crippen molar-refractivity contribution in [3.05, 3.63) is 93.7 Å². The number of aryl methyl sites for hydroxylation is 2. The van der Waals surface area contributed by atoms with Crippen molar-refractivity contribution >= 4 is 40.9 Å². The molecule has 2 saturated heterocycles. The quantitative estimate of drug-likeness (QED) is 0.129. The molecule has 15 nitrogen and oxygen atoms in total. The minimum absolute atomic E-state index is 0.0176. The molecule has 70 heavy (non-hydrogen) atoms. The molecule has 1 N–H and O–H groups in total. The van der Waals surface area contributed by atoms with E-state index in [1.54, 1.807) is 67.7 Å². The number of rotatable bonds is 12.